The monoisotopic (exact) mass is 171 g/mol. The minimum atomic E-state index is 0.201. The van der Waals surface area contributed by atoms with Crippen molar-refractivity contribution >= 4 is 15.7 Å². The first-order valence-corrected chi connectivity index (χ1v) is 4.81. The van der Waals surface area contributed by atoms with Crippen molar-refractivity contribution in [2.24, 2.45) is 11.8 Å². The first-order chi connectivity index (χ1) is 5.33. The summed E-state index contributed by atoms with van der Waals surface area (Å²) in [4.78, 5) is 10.7. The number of carbonyl (C=O) groups is 1. The zero-order valence-corrected chi connectivity index (χ0v) is 7.73. The molecule has 0 radical (unpaired) electrons. The highest BCUT2D eigenvalue weighted by Gasteiger charge is 2.42. The fraction of sp³-hybridized carbons (Fsp3) is 0.875. The van der Waals surface area contributed by atoms with Crippen LogP contribution in [0.25, 0.3) is 0 Å². The Morgan fingerprint density at radius 3 is 3.00 bits per heavy atom. The van der Waals surface area contributed by atoms with Crippen molar-refractivity contribution in [2.75, 3.05) is 6.54 Å². The van der Waals surface area contributed by atoms with Crippen LogP contribution in [0.5, 0.6) is 0 Å². The summed E-state index contributed by atoms with van der Waals surface area (Å²) in [6.07, 6.45) is 5.04. The second-order valence-electron chi connectivity index (χ2n) is 3.68. The van der Waals surface area contributed by atoms with Crippen molar-refractivity contribution in [3.8, 4) is 0 Å². The highest BCUT2D eigenvalue weighted by atomic mass is 31.0. The minimum absolute atomic E-state index is 0.201. The van der Waals surface area contributed by atoms with Crippen LogP contribution in [0.1, 0.15) is 19.3 Å². The maximum Gasteiger partial charge on any atom is 0.137 e. The van der Waals surface area contributed by atoms with E-state index < -0.39 is 0 Å². The smallest absolute Gasteiger partial charge is 0.137 e. The predicted octanol–water partition coefficient (Wildman–Crippen LogP) is 1.08. The molecule has 2 aliphatic rings. The zero-order valence-electron chi connectivity index (χ0n) is 6.57. The maximum absolute atomic E-state index is 10.7. The summed E-state index contributed by atoms with van der Waals surface area (Å²) >= 11 is 0. The molecular formula is C8H14NOP. The van der Waals surface area contributed by atoms with Gasteiger partial charge in [0.1, 0.15) is 6.29 Å². The third-order valence-corrected chi connectivity index (χ3v) is 3.68. The molecule has 0 aromatic heterocycles. The lowest BCUT2D eigenvalue weighted by Crippen LogP contribution is -2.25. The van der Waals surface area contributed by atoms with E-state index in [-0.39, 0.29) is 6.04 Å². The standard InChI is InChI=1S/C8H14NOP/c10-5-8-7-3-1-2-6(7)4-9(8)11/h5-8H,1-4,11H2/t6?,7-,8+/m0/s1. The van der Waals surface area contributed by atoms with Crippen LogP contribution >= 0.6 is 9.39 Å². The van der Waals surface area contributed by atoms with E-state index in [9.17, 15) is 4.79 Å². The third-order valence-electron chi connectivity index (χ3n) is 3.12. The molecule has 2 unspecified atom stereocenters. The van der Waals surface area contributed by atoms with Crippen molar-refractivity contribution in [1.82, 2.24) is 4.67 Å². The second kappa shape index (κ2) is 2.84. The van der Waals surface area contributed by atoms with Crippen molar-refractivity contribution < 1.29 is 4.79 Å². The molecular weight excluding hydrogens is 157 g/mol. The number of rotatable bonds is 1. The van der Waals surface area contributed by atoms with Gasteiger partial charge in [-0.25, -0.2) is 0 Å². The lowest BCUT2D eigenvalue weighted by atomic mass is 9.95. The summed E-state index contributed by atoms with van der Waals surface area (Å²) in [5, 5.41) is 0. The molecule has 1 aliphatic carbocycles. The molecule has 0 spiro atoms. The van der Waals surface area contributed by atoms with Crippen LogP contribution in [-0.2, 0) is 4.79 Å². The summed E-state index contributed by atoms with van der Waals surface area (Å²) in [5.74, 6) is 1.48. The quantitative estimate of drug-likeness (QED) is 0.434. The van der Waals surface area contributed by atoms with E-state index in [4.69, 9.17) is 0 Å². The van der Waals surface area contributed by atoms with Crippen LogP contribution in [0.15, 0.2) is 0 Å². The van der Waals surface area contributed by atoms with E-state index in [2.05, 4.69) is 14.1 Å². The molecule has 3 heteroatoms. The van der Waals surface area contributed by atoms with Gasteiger partial charge in [-0.3, -0.25) is 4.67 Å². The largest absolute Gasteiger partial charge is 0.302 e. The molecule has 2 nitrogen and oxygen atoms in total. The van der Waals surface area contributed by atoms with Crippen LogP contribution in [0, 0.1) is 11.8 Å². The Balaban J connectivity index is 2.13. The van der Waals surface area contributed by atoms with Crippen molar-refractivity contribution in [2.45, 2.75) is 25.3 Å². The first kappa shape index (κ1) is 7.70. The molecule has 1 saturated heterocycles. The van der Waals surface area contributed by atoms with E-state index in [0.29, 0.717) is 5.92 Å². The SMILES string of the molecule is O=C[C@@H]1[C@H]2CCCC2CN1P. The summed E-state index contributed by atoms with van der Waals surface area (Å²) in [6.45, 7) is 1.11. The lowest BCUT2D eigenvalue weighted by molar-refractivity contribution is -0.111. The Labute approximate surface area is 69.6 Å². The van der Waals surface area contributed by atoms with Crippen LogP contribution in [-0.4, -0.2) is 23.5 Å². The summed E-state index contributed by atoms with van der Waals surface area (Å²) < 4.78 is 2.13. The van der Waals surface area contributed by atoms with Crippen molar-refractivity contribution in [1.29, 1.82) is 0 Å². The fourth-order valence-electron chi connectivity index (χ4n) is 2.56. The molecule has 1 heterocycles. The van der Waals surface area contributed by atoms with Gasteiger partial charge < -0.3 is 4.79 Å². The van der Waals surface area contributed by atoms with Crippen LogP contribution in [0.3, 0.4) is 0 Å². The molecule has 2 fully saturated rings. The number of carbonyl (C=O) groups excluding carboxylic acids is 1. The van der Waals surface area contributed by atoms with Gasteiger partial charge in [0.05, 0.1) is 6.04 Å². The van der Waals surface area contributed by atoms with Crippen LogP contribution in [0.4, 0.5) is 0 Å². The van der Waals surface area contributed by atoms with Gasteiger partial charge in [-0.2, -0.15) is 0 Å². The average molecular weight is 171 g/mol. The van der Waals surface area contributed by atoms with Gasteiger partial charge in [0, 0.05) is 6.54 Å². The number of hydrogen-bond donors (Lipinski definition) is 0. The van der Waals surface area contributed by atoms with Gasteiger partial charge in [0.25, 0.3) is 0 Å². The molecule has 0 N–H and O–H groups in total. The first-order valence-electron chi connectivity index (χ1n) is 4.29. The maximum atomic E-state index is 10.7. The number of hydrogen-bond acceptors (Lipinski definition) is 2. The Bertz CT molecular complexity index is 173. The summed E-state index contributed by atoms with van der Waals surface area (Å²) in [6, 6.07) is 0.201. The summed E-state index contributed by atoms with van der Waals surface area (Å²) in [5.41, 5.74) is 0. The van der Waals surface area contributed by atoms with E-state index in [0.717, 1.165) is 18.7 Å². The minimum Gasteiger partial charge on any atom is -0.302 e. The molecule has 0 amide bonds. The van der Waals surface area contributed by atoms with Gasteiger partial charge >= 0.3 is 0 Å². The van der Waals surface area contributed by atoms with Gasteiger partial charge in [0.2, 0.25) is 0 Å². The van der Waals surface area contributed by atoms with E-state index >= 15 is 0 Å². The van der Waals surface area contributed by atoms with Gasteiger partial charge in [-0.05, 0) is 24.7 Å². The summed E-state index contributed by atoms with van der Waals surface area (Å²) in [7, 11) is 2.67. The molecule has 62 valence electrons. The average Bonchev–Trinajstić information content (AvgIpc) is 2.46. The van der Waals surface area contributed by atoms with E-state index in [1.807, 2.05) is 0 Å². The van der Waals surface area contributed by atoms with E-state index in [1.54, 1.807) is 0 Å². The van der Waals surface area contributed by atoms with Gasteiger partial charge in [-0.1, -0.05) is 15.8 Å². The lowest BCUT2D eigenvalue weighted by Gasteiger charge is -2.16. The van der Waals surface area contributed by atoms with Gasteiger partial charge in [-0.15, -0.1) is 0 Å². The second-order valence-corrected chi connectivity index (χ2v) is 4.34. The topological polar surface area (TPSA) is 20.3 Å². The van der Waals surface area contributed by atoms with Crippen LogP contribution in [0.2, 0.25) is 0 Å². The Morgan fingerprint density at radius 2 is 2.27 bits per heavy atom. The zero-order chi connectivity index (χ0) is 7.84. The molecule has 0 bridgehead atoms. The van der Waals surface area contributed by atoms with Crippen LogP contribution < -0.4 is 0 Å². The molecule has 2 rings (SSSR count). The molecule has 1 saturated carbocycles. The number of fused-ring (bicyclic) bond motifs is 1. The van der Waals surface area contributed by atoms with E-state index in [1.165, 1.54) is 19.3 Å². The Morgan fingerprint density at radius 1 is 1.45 bits per heavy atom. The third kappa shape index (κ3) is 1.13. The highest BCUT2D eigenvalue weighted by molar-refractivity contribution is 7.13. The molecule has 1 aliphatic heterocycles. The normalized spacial score (nSPS) is 44.3. The highest BCUT2D eigenvalue weighted by Crippen LogP contribution is 2.42. The number of nitrogens with zero attached hydrogens (tertiary/aromatic N) is 1. The molecule has 11 heavy (non-hydrogen) atoms. The Kier molecular flexibility index (Phi) is 1.98. The molecule has 0 aromatic carbocycles. The van der Waals surface area contributed by atoms with Gasteiger partial charge in [0.15, 0.2) is 0 Å². The molecule has 0 aromatic rings. The Hall–Kier alpha value is 0.0600. The predicted molar refractivity (Wildman–Crippen MR) is 47.1 cm³/mol. The van der Waals surface area contributed by atoms with Crippen molar-refractivity contribution in [3.05, 3.63) is 0 Å². The molecule has 4 atom stereocenters. The van der Waals surface area contributed by atoms with Crippen molar-refractivity contribution in [3.63, 3.8) is 0 Å². The fourth-order valence-corrected chi connectivity index (χ4v) is 3.12. The number of aldehydes is 1.